The van der Waals surface area contributed by atoms with Crippen LogP contribution >= 0.6 is 0 Å². The van der Waals surface area contributed by atoms with Crippen LogP contribution in [0.1, 0.15) is 13.8 Å². The lowest BCUT2D eigenvalue weighted by molar-refractivity contribution is -0.313. The van der Waals surface area contributed by atoms with Crippen LogP contribution in [0, 0.1) is 17.8 Å². The third kappa shape index (κ3) is 1.37. The highest BCUT2D eigenvalue weighted by molar-refractivity contribution is 5.90. The number of hydrogen-bond donors (Lipinski definition) is 0. The van der Waals surface area contributed by atoms with Crippen molar-refractivity contribution in [2.45, 2.75) is 25.6 Å². The van der Waals surface area contributed by atoms with Gasteiger partial charge in [0.15, 0.2) is 0 Å². The van der Waals surface area contributed by atoms with Crippen LogP contribution in [0.4, 0.5) is 0 Å². The Morgan fingerprint density at radius 1 is 1.67 bits per heavy atom. The number of aliphatic carboxylic acids is 1. The second kappa shape index (κ2) is 3.57. The highest BCUT2D eigenvalue weighted by Crippen LogP contribution is 2.51. The molecular formula is C13H16NO4-. The van der Waals surface area contributed by atoms with Gasteiger partial charge in [0.05, 0.1) is 18.6 Å². The Hall–Kier alpha value is -1.36. The van der Waals surface area contributed by atoms with Gasteiger partial charge in [-0.15, -0.1) is 0 Å². The maximum Gasteiger partial charge on any atom is 0.229 e. The molecule has 0 saturated carbocycles. The summed E-state index contributed by atoms with van der Waals surface area (Å²) in [5.74, 6) is -2.37. The molecule has 0 aromatic heterocycles. The molecule has 1 amide bonds. The molecule has 0 radical (unpaired) electrons. The van der Waals surface area contributed by atoms with Gasteiger partial charge in [0.25, 0.3) is 0 Å². The molecule has 0 unspecified atom stereocenters. The average Bonchev–Trinajstić information content (AvgIpc) is 2.87. The van der Waals surface area contributed by atoms with Crippen molar-refractivity contribution in [2.75, 3.05) is 13.1 Å². The lowest BCUT2D eigenvalue weighted by Crippen LogP contribution is -2.45. The van der Waals surface area contributed by atoms with E-state index in [9.17, 15) is 14.7 Å². The van der Waals surface area contributed by atoms with E-state index in [1.54, 1.807) is 11.0 Å². The minimum absolute atomic E-state index is 0.107. The van der Waals surface area contributed by atoms with E-state index in [1.165, 1.54) is 0 Å². The van der Waals surface area contributed by atoms with Gasteiger partial charge in [-0.25, -0.2) is 0 Å². The van der Waals surface area contributed by atoms with Crippen LogP contribution in [0.15, 0.2) is 12.2 Å². The first-order chi connectivity index (χ1) is 8.44. The fourth-order valence-electron chi connectivity index (χ4n) is 3.44. The number of ether oxygens (including phenoxy) is 1. The van der Waals surface area contributed by atoms with Crippen molar-refractivity contribution in [3.05, 3.63) is 12.2 Å². The topological polar surface area (TPSA) is 69.7 Å². The fraction of sp³-hybridized carbons (Fsp3) is 0.692. The molecule has 0 aliphatic carbocycles. The van der Waals surface area contributed by atoms with Gasteiger partial charge in [-0.3, -0.25) is 4.79 Å². The number of likely N-dealkylation sites (tertiary alicyclic amines) is 1. The Kier molecular flexibility index (Phi) is 2.32. The molecule has 2 saturated heterocycles. The largest absolute Gasteiger partial charge is 0.550 e. The van der Waals surface area contributed by atoms with Crippen molar-refractivity contribution in [3.8, 4) is 0 Å². The lowest BCUT2D eigenvalue weighted by atomic mass is 9.77. The third-order valence-corrected chi connectivity index (χ3v) is 4.04. The van der Waals surface area contributed by atoms with Crippen molar-refractivity contribution in [1.82, 2.24) is 4.90 Å². The number of carboxylic acid groups (broad SMARTS) is 1. The quantitative estimate of drug-likeness (QED) is 0.613. The van der Waals surface area contributed by atoms with Gasteiger partial charge in [0, 0.05) is 18.4 Å². The zero-order valence-corrected chi connectivity index (χ0v) is 10.5. The van der Waals surface area contributed by atoms with Crippen molar-refractivity contribution in [2.24, 2.45) is 17.8 Å². The number of amides is 1. The Labute approximate surface area is 105 Å². The third-order valence-electron chi connectivity index (χ3n) is 4.04. The van der Waals surface area contributed by atoms with Crippen LogP contribution in [0.3, 0.4) is 0 Å². The van der Waals surface area contributed by atoms with Crippen LogP contribution in [0.25, 0.3) is 0 Å². The van der Waals surface area contributed by atoms with E-state index in [2.05, 4.69) is 0 Å². The van der Waals surface area contributed by atoms with E-state index in [-0.39, 0.29) is 5.91 Å². The molecular weight excluding hydrogens is 234 g/mol. The number of carbonyl (C=O) groups excluding carboxylic acids is 2. The summed E-state index contributed by atoms with van der Waals surface area (Å²) in [5.41, 5.74) is -0.721. The van der Waals surface area contributed by atoms with E-state index in [0.717, 1.165) is 0 Å². The predicted octanol–water partition coefficient (Wildman–Crippen LogP) is -0.826. The number of rotatable bonds is 3. The van der Waals surface area contributed by atoms with Crippen LogP contribution in [-0.4, -0.2) is 41.6 Å². The first-order valence-electron chi connectivity index (χ1n) is 6.31. The normalized spacial score (nSPS) is 40.9. The zero-order chi connectivity index (χ0) is 13.1. The summed E-state index contributed by atoms with van der Waals surface area (Å²) in [6.07, 6.45) is 3.12. The molecule has 0 aromatic carbocycles. The van der Waals surface area contributed by atoms with Crippen LogP contribution in [-0.2, 0) is 14.3 Å². The second-order valence-electron chi connectivity index (χ2n) is 5.83. The Bertz CT molecular complexity index is 444. The van der Waals surface area contributed by atoms with Gasteiger partial charge in [-0.2, -0.15) is 0 Å². The molecule has 0 N–H and O–H groups in total. The molecule has 98 valence electrons. The van der Waals surface area contributed by atoms with Crippen molar-refractivity contribution in [3.63, 3.8) is 0 Å². The van der Waals surface area contributed by atoms with Crippen LogP contribution in [0.5, 0.6) is 0 Å². The molecule has 0 aromatic rings. The molecule has 5 nitrogen and oxygen atoms in total. The molecule has 5 heteroatoms. The SMILES string of the molecule is CC(C)CN1C[C@@]23C=C[C@H](O2)[C@H](C(=O)[O-])[C@@H]3C1=O. The molecule has 3 heterocycles. The second-order valence-corrected chi connectivity index (χ2v) is 5.83. The van der Waals surface area contributed by atoms with Gasteiger partial charge < -0.3 is 19.5 Å². The molecule has 18 heavy (non-hydrogen) atoms. The summed E-state index contributed by atoms with van der Waals surface area (Å²) >= 11 is 0. The van der Waals surface area contributed by atoms with E-state index in [4.69, 9.17) is 4.74 Å². The van der Waals surface area contributed by atoms with E-state index >= 15 is 0 Å². The molecule has 3 aliphatic rings. The van der Waals surface area contributed by atoms with E-state index in [0.29, 0.717) is 19.0 Å². The maximum absolute atomic E-state index is 12.3. The zero-order valence-electron chi connectivity index (χ0n) is 10.5. The number of carboxylic acids is 1. The maximum atomic E-state index is 12.3. The first-order valence-corrected chi connectivity index (χ1v) is 6.31. The Balaban J connectivity index is 1.92. The monoisotopic (exact) mass is 250 g/mol. The molecule has 1 spiro atoms. The molecule has 3 aliphatic heterocycles. The van der Waals surface area contributed by atoms with Crippen molar-refractivity contribution in [1.29, 1.82) is 0 Å². The minimum Gasteiger partial charge on any atom is -0.550 e. The summed E-state index contributed by atoms with van der Waals surface area (Å²) in [4.78, 5) is 25.3. The fourth-order valence-corrected chi connectivity index (χ4v) is 3.44. The Morgan fingerprint density at radius 2 is 2.39 bits per heavy atom. The van der Waals surface area contributed by atoms with Gasteiger partial charge in [-0.05, 0) is 5.92 Å². The summed E-state index contributed by atoms with van der Waals surface area (Å²) in [5, 5.41) is 11.2. The predicted molar refractivity (Wildman–Crippen MR) is 60.1 cm³/mol. The van der Waals surface area contributed by atoms with Gasteiger partial charge in [0.2, 0.25) is 5.91 Å². The average molecular weight is 250 g/mol. The van der Waals surface area contributed by atoms with E-state index < -0.39 is 29.5 Å². The Morgan fingerprint density at radius 3 is 3.00 bits per heavy atom. The summed E-state index contributed by atoms with van der Waals surface area (Å²) in [7, 11) is 0. The molecule has 4 atom stereocenters. The van der Waals surface area contributed by atoms with E-state index in [1.807, 2.05) is 19.9 Å². The lowest BCUT2D eigenvalue weighted by Gasteiger charge is -2.24. The highest BCUT2D eigenvalue weighted by atomic mass is 16.5. The summed E-state index contributed by atoms with van der Waals surface area (Å²) in [6, 6.07) is 0. The number of fused-ring (bicyclic) bond motifs is 1. The first kappa shape index (κ1) is 11.7. The molecule has 2 bridgehead atoms. The molecule has 3 rings (SSSR count). The van der Waals surface area contributed by atoms with Crippen molar-refractivity contribution >= 4 is 11.9 Å². The van der Waals surface area contributed by atoms with Gasteiger partial charge in [0.1, 0.15) is 5.60 Å². The smallest absolute Gasteiger partial charge is 0.229 e. The van der Waals surface area contributed by atoms with Gasteiger partial charge >= 0.3 is 0 Å². The number of carbonyl (C=O) groups is 2. The van der Waals surface area contributed by atoms with Crippen molar-refractivity contribution < 1.29 is 19.4 Å². The number of hydrogen-bond acceptors (Lipinski definition) is 4. The minimum atomic E-state index is -1.18. The molecule has 2 fully saturated rings. The summed E-state index contributed by atoms with van der Waals surface area (Å²) < 4.78 is 5.75. The summed E-state index contributed by atoms with van der Waals surface area (Å²) in [6.45, 7) is 5.16. The number of nitrogens with zero attached hydrogens (tertiary/aromatic N) is 1. The van der Waals surface area contributed by atoms with Crippen LogP contribution < -0.4 is 5.11 Å². The highest BCUT2D eigenvalue weighted by Gasteiger charge is 2.65. The van der Waals surface area contributed by atoms with Crippen LogP contribution in [0.2, 0.25) is 0 Å². The standard InChI is InChI=1S/C13H17NO4/c1-7(2)5-14-6-13-4-3-8(18-13)9(12(16)17)10(13)11(14)15/h3-4,7-10H,5-6H2,1-2H3,(H,16,17)/p-1/t8-,9-,10+,13+/m0/s1. The van der Waals surface area contributed by atoms with Gasteiger partial charge in [-0.1, -0.05) is 26.0 Å².